The van der Waals surface area contributed by atoms with Gasteiger partial charge in [0, 0.05) is 52.3 Å². The number of ether oxygens (including phenoxy) is 2. The molecule has 3 aromatic carbocycles. The number of nitrogens with one attached hydrogen (secondary N) is 3. The lowest BCUT2D eigenvalue weighted by atomic mass is 10.1. The number of benzene rings is 3. The highest BCUT2D eigenvalue weighted by Gasteiger charge is 2.20. The van der Waals surface area contributed by atoms with E-state index in [1.54, 1.807) is 44.6 Å². The first-order valence-electron chi connectivity index (χ1n) is 15.8. The first kappa shape index (κ1) is 36.4. The van der Waals surface area contributed by atoms with Crippen molar-refractivity contribution in [1.29, 1.82) is 0 Å². The van der Waals surface area contributed by atoms with Gasteiger partial charge in [0.05, 0.1) is 24.8 Å². The molecule has 0 saturated carbocycles. The van der Waals surface area contributed by atoms with Gasteiger partial charge in [0.1, 0.15) is 11.5 Å². The summed E-state index contributed by atoms with van der Waals surface area (Å²) >= 11 is 1.39. The number of rotatable bonds is 9. The maximum atomic E-state index is 11.7. The van der Waals surface area contributed by atoms with Crippen molar-refractivity contribution in [3.8, 4) is 11.5 Å². The van der Waals surface area contributed by atoms with Gasteiger partial charge in [-0.1, -0.05) is 18.2 Å². The lowest BCUT2D eigenvalue weighted by Gasteiger charge is -2.11. The minimum Gasteiger partial charge on any atom is -0.497 e. The first-order valence-corrected chi connectivity index (χ1v) is 16.7. The van der Waals surface area contributed by atoms with Crippen molar-refractivity contribution in [2.24, 2.45) is 0 Å². The molecule has 1 amide bonds. The highest BCUT2D eigenvalue weighted by Crippen LogP contribution is 2.30. The third-order valence-corrected chi connectivity index (χ3v) is 8.89. The molecule has 0 atom stereocenters. The second-order valence-electron chi connectivity index (χ2n) is 11.3. The van der Waals surface area contributed by atoms with Crippen molar-refractivity contribution in [3.05, 3.63) is 123 Å². The van der Waals surface area contributed by atoms with Gasteiger partial charge in [-0.25, -0.2) is 0 Å². The summed E-state index contributed by atoms with van der Waals surface area (Å²) in [4.78, 5) is 46.2. The van der Waals surface area contributed by atoms with Crippen molar-refractivity contribution in [3.63, 3.8) is 0 Å². The Labute approximate surface area is 291 Å². The smallest absolute Gasteiger partial charge is 0.265 e. The van der Waals surface area contributed by atoms with Gasteiger partial charge in [0.25, 0.3) is 5.91 Å². The highest BCUT2D eigenvalue weighted by molar-refractivity contribution is 7.12. The van der Waals surface area contributed by atoms with E-state index in [0.29, 0.717) is 29.0 Å². The van der Waals surface area contributed by atoms with E-state index >= 15 is 0 Å². The molecule has 2 aliphatic carbocycles. The molecule has 0 unspecified atom stereocenters. The third-order valence-electron chi connectivity index (χ3n) is 8.02. The summed E-state index contributed by atoms with van der Waals surface area (Å²) in [7, 11) is 3.28. The zero-order valence-electron chi connectivity index (χ0n) is 28.3. The summed E-state index contributed by atoms with van der Waals surface area (Å²) in [6, 6.07) is 25.8. The van der Waals surface area contributed by atoms with Crippen LogP contribution in [0.4, 0.5) is 17.1 Å². The van der Waals surface area contributed by atoms with E-state index in [1.807, 2.05) is 73.8 Å². The van der Waals surface area contributed by atoms with Gasteiger partial charge in [-0.3, -0.25) is 19.2 Å². The SMILES string of the molecule is CC(=O)c1ccc(NC(=O)c2cccs2)cc1.COc1ccc(NC2=C(C)C(=O)CC2)cc1.COc1ccccc1NC1=C(C)C(=O)CC1. The molecule has 2 aliphatic rings. The molecular formula is C39H41N3O6S. The van der Waals surface area contributed by atoms with Crippen LogP contribution in [0.2, 0.25) is 0 Å². The van der Waals surface area contributed by atoms with E-state index in [4.69, 9.17) is 9.47 Å². The van der Waals surface area contributed by atoms with E-state index < -0.39 is 0 Å². The monoisotopic (exact) mass is 679 g/mol. The van der Waals surface area contributed by atoms with Crippen LogP contribution in [0.5, 0.6) is 11.5 Å². The molecular weight excluding hydrogens is 639 g/mol. The van der Waals surface area contributed by atoms with Gasteiger partial charge in [-0.2, -0.15) is 0 Å². The molecule has 0 radical (unpaired) electrons. The number of anilines is 3. The van der Waals surface area contributed by atoms with E-state index in [-0.39, 0.29) is 23.3 Å². The summed E-state index contributed by atoms with van der Waals surface area (Å²) < 4.78 is 10.3. The van der Waals surface area contributed by atoms with Crippen molar-refractivity contribution in [2.45, 2.75) is 46.5 Å². The van der Waals surface area contributed by atoms with Gasteiger partial charge < -0.3 is 25.4 Å². The van der Waals surface area contributed by atoms with Crippen molar-refractivity contribution in [1.82, 2.24) is 0 Å². The molecule has 254 valence electrons. The van der Waals surface area contributed by atoms with Gasteiger partial charge in [-0.05, 0) is 106 Å². The van der Waals surface area contributed by atoms with E-state index in [2.05, 4.69) is 16.0 Å². The molecule has 49 heavy (non-hydrogen) atoms. The number of hydrogen-bond acceptors (Lipinski definition) is 9. The average molecular weight is 680 g/mol. The zero-order chi connectivity index (χ0) is 35.3. The summed E-state index contributed by atoms with van der Waals surface area (Å²) in [6.45, 7) is 5.26. The van der Waals surface area contributed by atoms with Crippen LogP contribution >= 0.6 is 11.3 Å². The molecule has 0 bridgehead atoms. The third kappa shape index (κ3) is 10.3. The minimum absolute atomic E-state index is 0.0149. The Morgan fingerprint density at radius 1 is 0.673 bits per heavy atom. The van der Waals surface area contributed by atoms with Crippen LogP contribution in [-0.4, -0.2) is 37.5 Å². The lowest BCUT2D eigenvalue weighted by Crippen LogP contribution is -2.10. The number of carbonyl (C=O) groups is 4. The number of Topliss-reactive ketones (excluding diaryl/α,β-unsaturated/α-hetero) is 3. The second-order valence-corrected chi connectivity index (χ2v) is 12.2. The van der Waals surface area contributed by atoms with Crippen LogP contribution in [-0.2, 0) is 9.59 Å². The lowest BCUT2D eigenvalue weighted by molar-refractivity contribution is -0.115. The van der Waals surface area contributed by atoms with Crippen LogP contribution in [0, 0.1) is 0 Å². The Morgan fingerprint density at radius 2 is 1.27 bits per heavy atom. The fourth-order valence-electron chi connectivity index (χ4n) is 5.02. The maximum Gasteiger partial charge on any atom is 0.265 e. The number of hydrogen-bond donors (Lipinski definition) is 3. The second kappa shape index (κ2) is 17.6. The molecule has 0 aliphatic heterocycles. The average Bonchev–Trinajstić information content (AvgIpc) is 3.85. The Morgan fingerprint density at radius 3 is 1.78 bits per heavy atom. The van der Waals surface area contributed by atoms with Crippen molar-refractivity contribution in [2.75, 3.05) is 30.2 Å². The van der Waals surface area contributed by atoms with Gasteiger partial charge in [0.2, 0.25) is 0 Å². The summed E-state index contributed by atoms with van der Waals surface area (Å²) in [5, 5.41) is 11.2. The van der Waals surface area contributed by atoms with E-state index in [9.17, 15) is 19.2 Å². The number of ketones is 3. The van der Waals surface area contributed by atoms with E-state index in [1.165, 1.54) is 18.3 Å². The topological polar surface area (TPSA) is 123 Å². The minimum atomic E-state index is -0.129. The number of methoxy groups -OCH3 is 2. The number of thiophene rings is 1. The van der Waals surface area contributed by atoms with Crippen LogP contribution in [0.1, 0.15) is 66.5 Å². The maximum absolute atomic E-state index is 11.7. The van der Waals surface area contributed by atoms with E-state index in [0.717, 1.165) is 58.3 Å². The molecule has 1 heterocycles. The predicted octanol–water partition coefficient (Wildman–Crippen LogP) is 8.69. The normalized spacial score (nSPS) is 13.6. The molecule has 0 fully saturated rings. The number of amides is 1. The molecule has 1 aromatic heterocycles. The number of para-hydroxylation sites is 2. The standard InChI is InChI=1S/C13H11NO2S.2C13H15NO2/c1-9(15)10-4-6-11(7-5-10)14-13(16)12-3-2-8-17-12;1-9-12(7-8-13(9)15)14-10-3-5-11(16-2)6-4-10;1-9-10(7-8-12(9)15)14-11-5-3-4-6-13(11)16-2/h2-8H,1H3,(H,14,16);2*3-6,14H,7-8H2,1-2H3. The van der Waals surface area contributed by atoms with Crippen molar-refractivity contribution < 1.29 is 28.7 Å². The Balaban J connectivity index is 0.000000166. The fourth-order valence-corrected chi connectivity index (χ4v) is 5.64. The highest BCUT2D eigenvalue weighted by atomic mass is 32.1. The molecule has 4 aromatic rings. The van der Waals surface area contributed by atoms with Crippen LogP contribution < -0.4 is 25.4 Å². The molecule has 9 nitrogen and oxygen atoms in total. The predicted molar refractivity (Wildman–Crippen MR) is 196 cm³/mol. The van der Waals surface area contributed by atoms with Gasteiger partial charge >= 0.3 is 0 Å². The molecule has 0 saturated heterocycles. The summed E-state index contributed by atoms with van der Waals surface area (Å²) in [5.74, 6) is 1.99. The van der Waals surface area contributed by atoms with Crippen molar-refractivity contribution >= 4 is 51.7 Å². The van der Waals surface area contributed by atoms with Crippen LogP contribution in [0.3, 0.4) is 0 Å². The molecule has 3 N–H and O–H groups in total. The first-order chi connectivity index (χ1) is 23.6. The zero-order valence-corrected chi connectivity index (χ0v) is 29.2. The summed E-state index contributed by atoms with van der Waals surface area (Å²) in [5.41, 5.74) is 6.97. The Kier molecular flexibility index (Phi) is 13.1. The fraction of sp³-hybridized carbons (Fsp3) is 0.231. The quantitative estimate of drug-likeness (QED) is 0.150. The van der Waals surface area contributed by atoms with Gasteiger partial charge in [-0.15, -0.1) is 11.3 Å². The number of carbonyl (C=O) groups excluding carboxylic acids is 4. The Hall–Kier alpha value is -5.48. The molecule has 6 rings (SSSR count). The Bertz CT molecular complexity index is 1840. The van der Waals surface area contributed by atoms with Crippen LogP contribution in [0.15, 0.2) is 113 Å². The van der Waals surface area contributed by atoms with Gasteiger partial charge in [0.15, 0.2) is 17.3 Å². The largest absolute Gasteiger partial charge is 0.497 e. The number of allylic oxidation sites excluding steroid dienone is 4. The van der Waals surface area contributed by atoms with Crippen LogP contribution in [0.25, 0.3) is 0 Å². The summed E-state index contributed by atoms with van der Waals surface area (Å²) in [6.07, 6.45) is 2.85. The molecule has 10 heteroatoms. The molecule has 0 spiro atoms.